The molecule has 24 heavy (non-hydrogen) atoms. The van der Waals surface area contributed by atoms with E-state index in [0.717, 1.165) is 49.2 Å². The molecule has 0 radical (unpaired) electrons. The van der Waals surface area contributed by atoms with Gasteiger partial charge < -0.3 is 14.5 Å². The summed E-state index contributed by atoms with van der Waals surface area (Å²) < 4.78 is 6.14. The number of hydrogen-bond donors (Lipinski definition) is 0. The molecule has 4 nitrogen and oxygen atoms in total. The van der Waals surface area contributed by atoms with Gasteiger partial charge in [0.05, 0.1) is 0 Å². The molecular weight excluding hydrogens is 300 g/mol. The third-order valence-corrected chi connectivity index (χ3v) is 4.80. The molecule has 0 aliphatic carbocycles. The van der Waals surface area contributed by atoms with E-state index >= 15 is 0 Å². The summed E-state index contributed by atoms with van der Waals surface area (Å²) in [6.45, 7) is 8.71. The van der Waals surface area contributed by atoms with Gasteiger partial charge in [-0.1, -0.05) is 50.2 Å². The van der Waals surface area contributed by atoms with Gasteiger partial charge in [-0.05, 0) is 24.4 Å². The fraction of sp³-hybridized carbons (Fsp3) is 0.450. The molecule has 1 saturated heterocycles. The zero-order valence-corrected chi connectivity index (χ0v) is 14.6. The van der Waals surface area contributed by atoms with Crippen LogP contribution in [-0.2, 0) is 4.79 Å². The van der Waals surface area contributed by atoms with Crippen molar-refractivity contribution in [2.75, 3.05) is 32.7 Å². The Morgan fingerprint density at radius 2 is 1.75 bits per heavy atom. The lowest BCUT2D eigenvalue weighted by atomic mass is 10.1. The fourth-order valence-electron chi connectivity index (χ4n) is 3.25. The maximum absolute atomic E-state index is 12.8. The second-order valence-corrected chi connectivity index (χ2v) is 6.25. The van der Waals surface area contributed by atoms with Crippen molar-refractivity contribution in [1.29, 1.82) is 0 Å². The average Bonchev–Trinajstić information content (AvgIpc) is 2.65. The summed E-state index contributed by atoms with van der Waals surface area (Å²) in [5, 5.41) is 2.19. The number of amides is 1. The van der Waals surface area contributed by atoms with Crippen molar-refractivity contribution >= 4 is 16.7 Å². The lowest BCUT2D eigenvalue weighted by Crippen LogP contribution is -2.52. The van der Waals surface area contributed by atoms with Crippen LogP contribution in [0.5, 0.6) is 5.75 Å². The largest absolute Gasteiger partial charge is 0.480 e. The number of carbonyl (C=O) groups is 1. The van der Waals surface area contributed by atoms with Crippen LogP contribution in [0.2, 0.25) is 0 Å². The molecule has 0 saturated carbocycles. The highest BCUT2D eigenvalue weighted by atomic mass is 16.5. The van der Waals surface area contributed by atoms with Crippen LogP contribution in [0.15, 0.2) is 42.5 Å². The molecule has 0 spiro atoms. The highest BCUT2D eigenvalue weighted by molar-refractivity contribution is 5.89. The first kappa shape index (κ1) is 16.8. The van der Waals surface area contributed by atoms with Gasteiger partial charge >= 0.3 is 0 Å². The minimum absolute atomic E-state index is 0.112. The van der Waals surface area contributed by atoms with Crippen LogP contribution in [-0.4, -0.2) is 54.5 Å². The van der Waals surface area contributed by atoms with Gasteiger partial charge in [0, 0.05) is 31.6 Å². The first-order valence-electron chi connectivity index (χ1n) is 8.88. The van der Waals surface area contributed by atoms with Crippen molar-refractivity contribution in [3.8, 4) is 5.75 Å². The first-order chi connectivity index (χ1) is 11.7. The normalized spacial score (nSPS) is 17.0. The average molecular weight is 326 g/mol. The monoisotopic (exact) mass is 326 g/mol. The predicted octanol–water partition coefficient (Wildman–Crippen LogP) is 3.16. The van der Waals surface area contributed by atoms with Crippen molar-refractivity contribution in [2.24, 2.45) is 0 Å². The Hall–Kier alpha value is -2.07. The summed E-state index contributed by atoms with van der Waals surface area (Å²) in [5.74, 6) is 0.904. The van der Waals surface area contributed by atoms with Gasteiger partial charge in [0.2, 0.25) is 0 Å². The highest BCUT2D eigenvalue weighted by Gasteiger charge is 2.27. The molecule has 3 rings (SSSR count). The van der Waals surface area contributed by atoms with Gasteiger partial charge in [0.1, 0.15) is 5.75 Å². The molecule has 1 fully saturated rings. The Bertz CT molecular complexity index is 688. The van der Waals surface area contributed by atoms with Crippen LogP contribution in [0.4, 0.5) is 0 Å². The van der Waals surface area contributed by atoms with Gasteiger partial charge in [0.25, 0.3) is 5.91 Å². The first-order valence-corrected chi connectivity index (χ1v) is 8.88. The fourth-order valence-corrected chi connectivity index (χ4v) is 3.25. The SMILES string of the molecule is CC[C@@H](Oc1cccc2ccccc12)C(=O)N1CCN(CC)CC1. The van der Waals surface area contributed by atoms with Crippen LogP contribution in [0.3, 0.4) is 0 Å². The molecule has 1 aliphatic rings. The summed E-state index contributed by atoms with van der Waals surface area (Å²) in [7, 11) is 0. The van der Waals surface area contributed by atoms with E-state index in [1.54, 1.807) is 0 Å². The molecule has 128 valence electrons. The number of piperazine rings is 1. The molecule has 0 unspecified atom stereocenters. The third-order valence-electron chi connectivity index (χ3n) is 4.80. The Balaban J connectivity index is 1.73. The van der Waals surface area contributed by atoms with Crippen molar-refractivity contribution in [3.05, 3.63) is 42.5 Å². The summed E-state index contributed by atoms with van der Waals surface area (Å²) in [5.41, 5.74) is 0. The lowest BCUT2D eigenvalue weighted by molar-refractivity contribution is -0.140. The van der Waals surface area contributed by atoms with E-state index in [9.17, 15) is 4.79 Å². The number of fused-ring (bicyclic) bond motifs is 1. The predicted molar refractivity (Wildman–Crippen MR) is 97.3 cm³/mol. The van der Waals surface area contributed by atoms with Crippen LogP contribution in [0.25, 0.3) is 10.8 Å². The van der Waals surface area contributed by atoms with E-state index in [2.05, 4.69) is 24.0 Å². The Kier molecular flexibility index (Phi) is 5.36. The number of carbonyl (C=O) groups excluding carboxylic acids is 1. The van der Waals surface area contributed by atoms with Gasteiger partial charge in [-0.25, -0.2) is 0 Å². The van der Waals surface area contributed by atoms with E-state index in [1.165, 1.54) is 0 Å². The maximum atomic E-state index is 12.8. The van der Waals surface area contributed by atoms with Gasteiger partial charge in [-0.2, -0.15) is 0 Å². The smallest absolute Gasteiger partial charge is 0.263 e. The molecule has 0 aromatic heterocycles. The van der Waals surface area contributed by atoms with E-state index < -0.39 is 6.10 Å². The second kappa shape index (κ2) is 7.67. The quantitative estimate of drug-likeness (QED) is 0.846. The zero-order chi connectivity index (χ0) is 16.9. The summed E-state index contributed by atoms with van der Waals surface area (Å²) in [6.07, 6.45) is 0.264. The zero-order valence-electron chi connectivity index (χ0n) is 14.6. The van der Waals surface area contributed by atoms with Crippen LogP contribution < -0.4 is 4.74 Å². The molecule has 0 N–H and O–H groups in total. The topological polar surface area (TPSA) is 32.8 Å². The minimum Gasteiger partial charge on any atom is -0.480 e. The van der Waals surface area contributed by atoms with Crippen molar-refractivity contribution in [1.82, 2.24) is 9.80 Å². The molecular formula is C20H26N2O2. The standard InChI is InChI=1S/C20H26N2O2/c1-3-18(20(23)22-14-12-21(4-2)13-15-22)24-19-11-7-9-16-8-5-6-10-17(16)19/h5-11,18H,3-4,12-15H2,1-2H3/t18-/m1/s1. The molecule has 2 aromatic carbocycles. The number of likely N-dealkylation sites (N-methyl/N-ethyl adjacent to an activating group) is 1. The highest BCUT2D eigenvalue weighted by Crippen LogP contribution is 2.27. The number of ether oxygens (including phenoxy) is 1. The number of nitrogens with zero attached hydrogens (tertiary/aromatic N) is 2. The third kappa shape index (κ3) is 3.54. The van der Waals surface area contributed by atoms with Gasteiger partial charge in [0.15, 0.2) is 6.10 Å². The lowest BCUT2D eigenvalue weighted by Gasteiger charge is -2.35. The minimum atomic E-state index is -0.413. The van der Waals surface area contributed by atoms with Crippen LogP contribution in [0, 0.1) is 0 Å². The Morgan fingerprint density at radius 3 is 2.46 bits per heavy atom. The Labute approximate surface area is 144 Å². The molecule has 1 aliphatic heterocycles. The van der Waals surface area contributed by atoms with Crippen LogP contribution in [0.1, 0.15) is 20.3 Å². The molecule has 4 heteroatoms. The van der Waals surface area contributed by atoms with E-state index in [1.807, 2.05) is 42.2 Å². The molecule has 0 bridgehead atoms. The van der Waals surface area contributed by atoms with Gasteiger partial charge in [-0.3, -0.25) is 4.79 Å². The summed E-state index contributed by atoms with van der Waals surface area (Å²) >= 11 is 0. The van der Waals surface area contributed by atoms with Gasteiger partial charge in [-0.15, -0.1) is 0 Å². The molecule has 1 amide bonds. The molecule has 2 aromatic rings. The van der Waals surface area contributed by atoms with Crippen LogP contribution >= 0.6 is 0 Å². The molecule has 1 atom stereocenters. The number of rotatable bonds is 5. The second-order valence-electron chi connectivity index (χ2n) is 6.25. The van der Waals surface area contributed by atoms with Crippen molar-refractivity contribution < 1.29 is 9.53 Å². The number of hydrogen-bond acceptors (Lipinski definition) is 3. The van der Waals surface area contributed by atoms with E-state index in [0.29, 0.717) is 6.42 Å². The van der Waals surface area contributed by atoms with E-state index in [-0.39, 0.29) is 5.91 Å². The molecule has 1 heterocycles. The van der Waals surface area contributed by atoms with Crippen molar-refractivity contribution in [2.45, 2.75) is 26.4 Å². The van der Waals surface area contributed by atoms with E-state index in [4.69, 9.17) is 4.74 Å². The Morgan fingerprint density at radius 1 is 1.04 bits per heavy atom. The summed E-state index contributed by atoms with van der Waals surface area (Å²) in [6, 6.07) is 14.1. The van der Waals surface area contributed by atoms with Crippen molar-refractivity contribution in [3.63, 3.8) is 0 Å². The maximum Gasteiger partial charge on any atom is 0.263 e. The number of benzene rings is 2. The summed E-state index contributed by atoms with van der Waals surface area (Å²) in [4.78, 5) is 17.2.